The number of rotatable bonds is 5. The second-order valence-electron chi connectivity index (χ2n) is 6.02. The molecule has 0 radical (unpaired) electrons. The van der Waals surface area contributed by atoms with Gasteiger partial charge in [-0.25, -0.2) is 8.42 Å². The summed E-state index contributed by atoms with van der Waals surface area (Å²) in [6.07, 6.45) is 1.10. The number of nitrogens with one attached hydrogen (secondary N) is 2. The van der Waals surface area contributed by atoms with Gasteiger partial charge >= 0.3 is 0 Å². The van der Waals surface area contributed by atoms with Crippen molar-refractivity contribution in [2.45, 2.75) is 18.9 Å². The Kier molecular flexibility index (Phi) is 5.77. The molecule has 8 nitrogen and oxygen atoms in total. The Morgan fingerprint density at radius 3 is 3.00 bits per heavy atom. The topological polar surface area (TPSA) is 109 Å². The van der Waals surface area contributed by atoms with E-state index in [4.69, 9.17) is 16.1 Å². The molecule has 1 unspecified atom stereocenters. The van der Waals surface area contributed by atoms with Gasteiger partial charge in [0.15, 0.2) is 15.8 Å². The van der Waals surface area contributed by atoms with Gasteiger partial charge < -0.3 is 15.2 Å². The van der Waals surface area contributed by atoms with Gasteiger partial charge in [0, 0.05) is 36.6 Å². The van der Waals surface area contributed by atoms with Gasteiger partial charge in [0.1, 0.15) is 0 Å². The summed E-state index contributed by atoms with van der Waals surface area (Å²) < 4.78 is 28.3. The summed E-state index contributed by atoms with van der Waals surface area (Å²) in [6.45, 7) is 0.524. The van der Waals surface area contributed by atoms with Crippen molar-refractivity contribution in [3.8, 4) is 11.4 Å². The van der Waals surface area contributed by atoms with Gasteiger partial charge in [-0.15, -0.1) is 0 Å². The first-order chi connectivity index (χ1) is 12.4. The molecule has 0 bridgehead atoms. The van der Waals surface area contributed by atoms with Gasteiger partial charge in [0.05, 0.1) is 11.5 Å². The Bertz CT molecular complexity index is 897. The monoisotopic (exact) mass is 397 g/mol. The predicted octanol–water partition coefficient (Wildman–Crippen LogP) is 1.28. The Balaban J connectivity index is 1.50. The van der Waals surface area contributed by atoms with Crippen LogP contribution in [0.1, 0.15) is 12.3 Å². The smallest absolute Gasteiger partial charge is 0.228 e. The van der Waals surface area contributed by atoms with E-state index < -0.39 is 9.84 Å². The molecule has 1 aromatic heterocycles. The summed E-state index contributed by atoms with van der Waals surface area (Å²) in [5.41, 5.74) is 0.792. The normalized spacial score (nSPS) is 19.5. The van der Waals surface area contributed by atoms with Crippen LogP contribution < -0.4 is 10.6 Å². The largest absolute Gasteiger partial charge is 0.356 e. The number of halogens is 1. The van der Waals surface area contributed by atoms with Crippen LogP contribution in [0.2, 0.25) is 5.02 Å². The molecule has 0 amide bonds. The molecule has 2 aromatic rings. The van der Waals surface area contributed by atoms with E-state index in [0.29, 0.717) is 42.1 Å². The van der Waals surface area contributed by atoms with Gasteiger partial charge in [-0.05, 0) is 18.6 Å². The lowest BCUT2D eigenvalue weighted by Gasteiger charge is -2.15. The number of aromatic nitrogens is 2. The highest BCUT2D eigenvalue weighted by atomic mass is 35.5. The van der Waals surface area contributed by atoms with Crippen molar-refractivity contribution in [2.24, 2.45) is 4.99 Å². The van der Waals surface area contributed by atoms with Crippen LogP contribution in [0, 0.1) is 0 Å². The van der Waals surface area contributed by atoms with Crippen molar-refractivity contribution >= 4 is 27.4 Å². The van der Waals surface area contributed by atoms with E-state index >= 15 is 0 Å². The molecule has 3 rings (SSSR count). The quantitative estimate of drug-likeness (QED) is 0.577. The predicted molar refractivity (Wildman–Crippen MR) is 100 cm³/mol. The number of hydrogen-bond donors (Lipinski definition) is 2. The minimum Gasteiger partial charge on any atom is -0.356 e. The second-order valence-corrected chi connectivity index (χ2v) is 8.68. The Morgan fingerprint density at radius 2 is 2.31 bits per heavy atom. The summed E-state index contributed by atoms with van der Waals surface area (Å²) in [7, 11) is -1.29. The third kappa shape index (κ3) is 4.95. The highest BCUT2D eigenvalue weighted by molar-refractivity contribution is 7.91. The minimum atomic E-state index is -2.93. The number of benzene rings is 1. The fourth-order valence-electron chi connectivity index (χ4n) is 2.69. The van der Waals surface area contributed by atoms with E-state index in [2.05, 4.69) is 25.8 Å². The number of guanidine groups is 1. The molecule has 10 heteroatoms. The highest BCUT2D eigenvalue weighted by Gasteiger charge is 2.28. The SMILES string of the molecule is CN=C(NCCc1nc(-c2cccc(Cl)c2)no1)NC1CCS(=O)(=O)C1. The first-order valence-corrected chi connectivity index (χ1v) is 10.4. The molecular weight excluding hydrogens is 378 g/mol. The second kappa shape index (κ2) is 8.05. The number of aliphatic imine (C=N–C) groups is 1. The summed E-state index contributed by atoms with van der Waals surface area (Å²) >= 11 is 5.97. The lowest BCUT2D eigenvalue weighted by molar-refractivity contribution is 0.378. The minimum absolute atomic E-state index is 0.107. The van der Waals surface area contributed by atoms with Crippen LogP contribution in [-0.2, 0) is 16.3 Å². The molecule has 2 N–H and O–H groups in total. The van der Waals surface area contributed by atoms with Gasteiger partial charge in [-0.3, -0.25) is 4.99 Å². The van der Waals surface area contributed by atoms with Gasteiger partial charge in [-0.2, -0.15) is 4.98 Å². The van der Waals surface area contributed by atoms with Crippen molar-refractivity contribution in [1.29, 1.82) is 0 Å². The van der Waals surface area contributed by atoms with Gasteiger partial charge in [-0.1, -0.05) is 28.9 Å². The third-order valence-electron chi connectivity index (χ3n) is 3.98. The van der Waals surface area contributed by atoms with Crippen molar-refractivity contribution in [1.82, 2.24) is 20.8 Å². The third-order valence-corrected chi connectivity index (χ3v) is 5.98. The van der Waals surface area contributed by atoms with Gasteiger partial charge in [0.25, 0.3) is 0 Å². The van der Waals surface area contributed by atoms with Crippen molar-refractivity contribution in [3.63, 3.8) is 0 Å². The molecule has 1 aliphatic rings. The molecule has 1 fully saturated rings. The van der Waals surface area contributed by atoms with E-state index in [1.165, 1.54) is 0 Å². The van der Waals surface area contributed by atoms with Crippen LogP contribution in [0.5, 0.6) is 0 Å². The molecule has 26 heavy (non-hydrogen) atoms. The van der Waals surface area contributed by atoms with E-state index in [1.807, 2.05) is 12.1 Å². The average Bonchev–Trinajstić information content (AvgIpc) is 3.20. The van der Waals surface area contributed by atoms with Crippen LogP contribution >= 0.6 is 11.6 Å². The number of nitrogens with zero attached hydrogens (tertiary/aromatic N) is 3. The number of hydrogen-bond acceptors (Lipinski definition) is 6. The van der Waals surface area contributed by atoms with Crippen LogP contribution in [0.25, 0.3) is 11.4 Å². The van der Waals surface area contributed by atoms with Crippen LogP contribution in [-0.4, -0.2) is 55.7 Å². The molecule has 2 heterocycles. The molecule has 0 aliphatic carbocycles. The van der Waals surface area contributed by atoms with Crippen molar-refractivity contribution in [2.75, 3.05) is 25.1 Å². The van der Waals surface area contributed by atoms with E-state index in [0.717, 1.165) is 5.56 Å². The highest BCUT2D eigenvalue weighted by Crippen LogP contribution is 2.19. The first kappa shape index (κ1) is 18.7. The van der Waals surface area contributed by atoms with Crippen molar-refractivity contribution < 1.29 is 12.9 Å². The Hall–Kier alpha value is -2.13. The van der Waals surface area contributed by atoms with Gasteiger partial charge in [0.2, 0.25) is 11.7 Å². The maximum atomic E-state index is 11.5. The van der Waals surface area contributed by atoms with Crippen molar-refractivity contribution in [3.05, 3.63) is 35.2 Å². The summed E-state index contributed by atoms with van der Waals surface area (Å²) in [6, 6.07) is 7.14. The van der Waals surface area contributed by atoms with E-state index in [-0.39, 0.29) is 17.5 Å². The molecule has 1 saturated heterocycles. The molecular formula is C16H20ClN5O3S. The lowest BCUT2D eigenvalue weighted by Crippen LogP contribution is -2.44. The fraction of sp³-hybridized carbons (Fsp3) is 0.438. The van der Waals surface area contributed by atoms with Crippen LogP contribution in [0.15, 0.2) is 33.8 Å². The average molecular weight is 398 g/mol. The zero-order valence-electron chi connectivity index (χ0n) is 14.3. The molecule has 1 aromatic carbocycles. The van der Waals surface area contributed by atoms with E-state index in [9.17, 15) is 8.42 Å². The Labute approximate surface area is 157 Å². The lowest BCUT2D eigenvalue weighted by atomic mass is 10.2. The first-order valence-electron chi connectivity index (χ1n) is 8.21. The number of sulfone groups is 1. The summed E-state index contributed by atoms with van der Waals surface area (Å²) in [5.74, 6) is 1.89. The maximum absolute atomic E-state index is 11.5. The standard InChI is InChI=1S/C16H20ClN5O3S/c1-18-16(20-13-6-8-26(23,24)10-13)19-7-5-14-21-15(22-25-14)11-3-2-4-12(17)9-11/h2-4,9,13H,5-8,10H2,1H3,(H2,18,19,20). The van der Waals surface area contributed by atoms with E-state index in [1.54, 1.807) is 19.2 Å². The molecule has 0 spiro atoms. The van der Waals surface area contributed by atoms with Crippen LogP contribution in [0.4, 0.5) is 0 Å². The zero-order chi connectivity index (χ0) is 18.6. The fourth-order valence-corrected chi connectivity index (χ4v) is 4.55. The summed E-state index contributed by atoms with van der Waals surface area (Å²) in [4.78, 5) is 8.46. The molecule has 140 valence electrons. The molecule has 0 saturated carbocycles. The molecule has 1 aliphatic heterocycles. The zero-order valence-corrected chi connectivity index (χ0v) is 15.8. The molecule has 1 atom stereocenters. The summed E-state index contributed by atoms with van der Waals surface area (Å²) in [5, 5.41) is 10.8. The Morgan fingerprint density at radius 1 is 1.46 bits per heavy atom. The van der Waals surface area contributed by atoms with Crippen LogP contribution in [0.3, 0.4) is 0 Å². The maximum Gasteiger partial charge on any atom is 0.228 e.